The number of benzene rings is 1. The molecule has 0 spiro atoms. The van der Waals surface area contributed by atoms with Gasteiger partial charge in [-0.15, -0.1) is 0 Å². The number of nitrogens with one attached hydrogen (secondary N) is 1. The van der Waals surface area contributed by atoms with Crippen molar-refractivity contribution in [1.29, 1.82) is 0 Å². The molecule has 0 bridgehead atoms. The summed E-state index contributed by atoms with van der Waals surface area (Å²) in [5.74, 6) is 0.938. The highest BCUT2D eigenvalue weighted by atomic mass is 16.5. The number of ether oxygens (including phenoxy) is 1. The Balaban J connectivity index is 1.65. The van der Waals surface area contributed by atoms with Crippen LogP contribution >= 0.6 is 0 Å². The number of aromatic nitrogens is 2. The smallest absolute Gasteiger partial charge is 0.262 e. The van der Waals surface area contributed by atoms with E-state index in [0.717, 1.165) is 54.9 Å². The first-order valence-electron chi connectivity index (χ1n) is 9.18. The maximum Gasteiger partial charge on any atom is 0.262 e. The van der Waals surface area contributed by atoms with E-state index >= 15 is 0 Å². The molecule has 0 atom stereocenters. The average Bonchev–Trinajstić information content (AvgIpc) is 3.16. The topological polar surface area (TPSA) is 67.3 Å². The number of anilines is 2. The van der Waals surface area contributed by atoms with E-state index < -0.39 is 0 Å². The van der Waals surface area contributed by atoms with Gasteiger partial charge in [-0.3, -0.25) is 4.79 Å². The van der Waals surface area contributed by atoms with E-state index in [-0.39, 0.29) is 12.5 Å². The molecule has 2 heterocycles. The summed E-state index contributed by atoms with van der Waals surface area (Å²) in [7, 11) is 0. The highest BCUT2D eigenvalue weighted by Crippen LogP contribution is 2.22. The molecule has 3 rings (SSSR count). The fourth-order valence-electron chi connectivity index (χ4n) is 3.17. The Morgan fingerprint density at radius 1 is 1.23 bits per heavy atom. The number of hydrogen-bond donors (Lipinski definition) is 1. The molecule has 0 aliphatic carbocycles. The van der Waals surface area contributed by atoms with Gasteiger partial charge in [0.2, 0.25) is 11.8 Å². The third-order valence-electron chi connectivity index (χ3n) is 4.56. The number of carbonyl (C=O) groups excluding carboxylic acids is 1. The summed E-state index contributed by atoms with van der Waals surface area (Å²) in [6, 6.07) is 7.78. The third-order valence-corrected chi connectivity index (χ3v) is 4.56. The van der Waals surface area contributed by atoms with Crippen LogP contribution in [0.25, 0.3) is 0 Å². The van der Waals surface area contributed by atoms with Gasteiger partial charge in [-0.25, -0.2) is 4.98 Å². The van der Waals surface area contributed by atoms with Gasteiger partial charge in [0.25, 0.3) is 5.91 Å². The van der Waals surface area contributed by atoms with Gasteiger partial charge in [-0.05, 0) is 44.2 Å². The molecule has 1 aliphatic rings. The number of hydrogen-bond acceptors (Lipinski definition) is 5. The predicted molar refractivity (Wildman–Crippen MR) is 103 cm³/mol. The van der Waals surface area contributed by atoms with Gasteiger partial charge in [0.15, 0.2) is 6.61 Å². The fraction of sp³-hybridized carbons (Fsp3) is 0.450. The number of rotatable bonds is 6. The molecule has 26 heavy (non-hydrogen) atoms. The van der Waals surface area contributed by atoms with Crippen LogP contribution in [0.2, 0.25) is 0 Å². The van der Waals surface area contributed by atoms with Crippen molar-refractivity contribution >= 4 is 17.5 Å². The quantitative estimate of drug-likeness (QED) is 0.862. The van der Waals surface area contributed by atoms with Crippen molar-refractivity contribution < 1.29 is 9.53 Å². The number of amides is 1. The zero-order valence-electron chi connectivity index (χ0n) is 15.7. The van der Waals surface area contributed by atoms with Gasteiger partial charge in [0.1, 0.15) is 0 Å². The molecular weight excluding hydrogens is 328 g/mol. The summed E-state index contributed by atoms with van der Waals surface area (Å²) in [6.45, 7) is 7.84. The van der Waals surface area contributed by atoms with E-state index in [1.165, 1.54) is 0 Å². The normalized spacial score (nSPS) is 13.7. The van der Waals surface area contributed by atoms with Gasteiger partial charge in [-0.2, -0.15) is 4.98 Å². The molecule has 1 aromatic carbocycles. The summed E-state index contributed by atoms with van der Waals surface area (Å²) in [4.78, 5) is 23.4. The monoisotopic (exact) mass is 354 g/mol. The van der Waals surface area contributed by atoms with Crippen molar-refractivity contribution in [2.45, 2.75) is 40.0 Å². The van der Waals surface area contributed by atoms with Crippen LogP contribution in [-0.4, -0.2) is 35.6 Å². The Labute approximate surface area is 154 Å². The van der Waals surface area contributed by atoms with E-state index in [1.54, 1.807) is 6.07 Å². The SMILES string of the molecule is CCc1cccc(C)c1NC(=O)COc1cc(C)nc(N2CCCC2)n1. The van der Waals surface area contributed by atoms with Crippen LogP contribution in [0.1, 0.15) is 36.6 Å². The molecule has 6 heteroatoms. The molecule has 0 radical (unpaired) electrons. The van der Waals surface area contributed by atoms with Crippen molar-refractivity contribution in [2.75, 3.05) is 29.9 Å². The fourth-order valence-corrected chi connectivity index (χ4v) is 3.17. The largest absolute Gasteiger partial charge is 0.467 e. The Hall–Kier alpha value is -2.63. The lowest BCUT2D eigenvalue weighted by molar-refractivity contribution is -0.118. The lowest BCUT2D eigenvalue weighted by Crippen LogP contribution is -2.23. The van der Waals surface area contributed by atoms with Crippen molar-refractivity contribution in [3.63, 3.8) is 0 Å². The van der Waals surface area contributed by atoms with Crippen molar-refractivity contribution in [2.24, 2.45) is 0 Å². The maximum atomic E-state index is 12.3. The third kappa shape index (κ3) is 4.31. The Bertz CT molecular complexity index is 785. The first-order valence-corrected chi connectivity index (χ1v) is 9.18. The molecular formula is C20H26N4O2. The summed E-state index contributed by atoms with van der Waals surface area (Å²) in [6.07, 6.45) is 3.18. The predicted octanol–water partition coefficient (Wildman–Crippen LogP) is 3.27. The Morgan fingerprint density at radius 2 is 2.00 bits per heavy atom. The summed E-state index contributed by atoms with van der Waals surface area (Å²) < 4.78 is 5.64. The van der Waals surface area contributed by atoms with Crippen LogP contribution in [0.4, 0.5) is 11.6 Å². The zero-order valence-corrected chi connectivity index (χ0v) is 15.7. The summed E-state index contributed by atoms with van der Waals surface area (Å²) in [5.41, 5.74) is 3.88. The molecule has 0 saturated carbocycles. The lowest BCUT2D eigenvalue weighted by Gasteiger charge is -2.17. The van der Waals surface area contributed by atoms with Crippen LogP contribution < -0.4 is 15.0 Å². The van der Waals surface area contributed by atoms with Gasteiger partial charge in [0.05, 0.1) is 0 Å². The zero-order chi connectivity index (χ0) is 18.5. The second kappa shape index (κ2) is 8.17. The highest BCUT2D eigenvalue weighted by Gasteiger charge is 2.17. The minimum absolute atomic E-state index is 0.0760. The molecule has 2 aromatic rings. The van der Waals surface area contributed by atoms with Crippen molar-refractivity contribution in [1.82, 2.24) is 9.97 Å². The standard InChI is InChI=1S/C20H26N4O2/c1-4-16-9-7-8-14(2)19(16)22-17(25)13-26-18-12-15(3)21-20(23-18)24-10-5-6-11-24/h7-9,12H,4-6,10-11,13H2,1-3H3,(H,22,25). The van der Waals surface area contributed by atoms with E-state index in [9.17, 15) is 4.79 Å². The van der Waals surface area contributed by atoms with Crippen LogP contribution in [0.5, 0.6) is 5.88 Å². The molecule has 1 fully saturated rings. The molecule has 1 amide bonds. The van der Waals surface area contributed by atoms with Crippen LogP contribution in [0.3, 0.4) is 0 Å². The average molecular weight is 354 g/mol. The van der Waals surface area contributed by atoms with Gasteiger partial charge in [-0.1, -0.05) is 25.1 Å². The van der Waals surface area contributed by atoms with Gasteiger partial charge in [0, 0.05) is 30.5 Å². The second-order valence-corrected chi connectivity index (χ2v) is 6.64. The molecule has 1 saturated heterocycles. The van der Waals surface area contributed by atoms with E-state index in [2.05, 4.69) is 27.1 Å². The maximum absolute atomic E-state index is 12.3. The molecule has 1 N–H and O–H groups in total. The first kappa shape index (κ1) is 18.2. The number of para-hydroxylation sites is 1. The Kier molecular flexibility index (Phi) is 5.71. The van der Waals surface area contributed by atoms with Crippen LogP contribution in [0, 0.1) is 13.8 Å². The first-order chi connectivity index (χ1) is 12.6. The Morgan fingerprint density at radius 3 is 2.73 bits per heavy atom. The number of aryl methyl sites for hydroxylation is 3. The summed E-state index contributed by atoms with van der Waals surface area (Å²) in [5, 5.41) is 2.97. The van der Waals surface area contributed by atoms with Gasteiger partial charge < -0.3 is 15.0 Å². The molecule has 6 nitrogen and oxygen atoms in total. The minimum atomic E-state index is -0.187. The molecule has 1 aromatic heterocycles. The number of carbonyl (C=O) groups is 1. The lowest BCUT2D eigenvalue weighted by atomic mass is 10.1. The highest BCUT2D eigenvalue weighted by molar-refractivity contribution is 5.93. The molecule has 138 valence electrons. The van der Waals surface area contributed by atoms with Gasteiger partial charge >= 0.3 is 0 Å². The van der Waals surface area contributed by atoms with E-state index in [0.29, 0.717) is 11.8 Å². The number of nitrogens with zero attached hydrogens (tertiary/aromatic N) is 3. The second-order valence-electron chi connectivity index (χ2n) is 6.64. The minimum Gasteiger partial charge on any atom is -0.467 e. The molecule has 1 aliphatic heterocycles. The van der Waals surface area contributed by atoms with Crippen molar-refractivity contribution in [3.8, 4) is 5.88 Å². The summed E-state index contributed by atoms with van der Waals surface area (Å²) >= 11 is 0. The van der Waals surface area contributed by atoms with Crippen LogP contribution in [-0.2, 0) is 11.2 Å². The molecule has 0 unspecified atom stereocenters. The van der Waals surface area contributed by atoms with Crippen molar-refractivity contribution in [3.05, 3.63) is 41.1 Å². The van der Waals surface area contributed by atoms with E-state index in [1.807, 2.05) is 32.0 Å². The van der Waals surface area contributed by atoms with E-state index in [4.69, 9.17) is 4.74 Å². The van der Waals surface area contributed by atoms with Crippen LogP contribution in [0.15, 0.2) is 24.3 Å².